The smallest absolute Gasteiger partial charge is 0.229 e. The zero-order valence-electron chi connectivity index (χ0n) is 13.0. The number of hydrogen-bond donors (Lipinski definition) is 1. The van der Waals surface area contributed by atoms with Crippen LogP contribution in [0.1, 0.15) is 24.3 Å². The average Bonchev–Trinajstić information content (AvgIpc) is 2.95. The molecule has 3 heterocycles. The third-order valence-electron chi connectivity index (χ3n) is 3.91. The minimum absolute atomic E-state index is 0.00160. The number of nitrogens with one attached hydrogen (secondary N) is 1. The zero-order valence-corrected chi connectivity index (χ0v) is 13.7. The topological polar surface area (TPSA) is 71.3 Å². The van der Waals surface area contributed by atoms with Gasteiger partial charge in [-0.2, -0.15) is 0 Å². The molecule has 1 fully saturated rings. The molecule has 1 aliphatic rings. The third-order valence-corrected chi connectivity index (χ3v) is 4.13. The van der Waals surface area contributed by atoms with Crippen molar-refractivity contribution < 1.29 is 9.32 Å². The lowest BCUT2D eigenvalue weighted by atomic mass is 9.97. The van der Waals surface area contributed by atoms with Crippen molar-refractivity contribution in [3.63, 3.8) is 0 Å². The Hall–Kier alpha value is -1.92. The van der Waals surface area contributed by atoms with E-state index in [1.54, 1.807) is 12.1 Å². The average molecular weight is 335 g/mol. The molecule has 0 bridgehead atoms. The number of nitrogens with zero attached hydrogens (tertiary/aromatic N) is 3. The molecule has 122 valence electrons. The Bertz CT molecular complexity index is 671. The molecule has 1 atom stereocenters. The summed E-state index contributed by atoms with van der Waals surface area (Å²) in [6.45, 7) is 4.25. The van der Waals surface area contributed by atoms with Crippen LogP contribution >= 0.6 is 11.6 Å². The van der Waals surface area contributed by atoms with Crippen LogP contribution in [0.4, 0.5) is 5.82 Å². The molecule has 1 saturated heterocycles. The Labute approximate surface area is 139 Å². The molecule has 7 heteroatoms. The van der Waals surface area contributed by atoms with Crippen molar-refractivity contribution in [2.24, 2.45) is 5.92 Å². The van der Waals surface area contributed by atoms with Crippen LogP contribution in [0.15, 0.2) is 28.9 Å². The number of carbonyl (C=O) groups excluding carboxylic acids is 1. The second-order valence-corrected chi connectivity index (χ2v) is 6.30. The number of hydrogen-bond acceptors (Lipinski definition) is 5. The molecule has 1 amide bonds. The zero-order chi connectivity index (χ0) is 16.2. The molecule has 2 aromatic heterocycles. The van der Waals surface area contributed by atoms with Gasteiger partial charge in [-0.1, -0.05) is 16.8 Å². The number of piperidine rings is 1. The predicted octanol–water partition coefficient (Wildman–Crippen LogP) is 2.88. The predicted molar refractivity (Wildman–Crippen MR) is 87.1 cm³/mol. The molecule has 0 saturated carbocycles. The van der Waals surface area contributed by atoms with Gasteiger partial charge in [-0.25, -0.2) is 4.98 Å². The van der Waals surface area contributed by atoms with E-state index >= 15 is 0 Å². The van der Waals surface area contributed by atoms with Gasteiger partial charge in [0.05, 0.1) is 23.2 Å². The molecule has 0 aliphatic carbocycles. The second kappa shape index (κ2) is 7.10. The van der Waals surface area contributed by atoms with E-state index in [4.69, 9.17) is 16.1 Å². The molecular formula is C16H19ClN4O2. The van der Waals surface area contributed by atoms with Gasteiger partial charge in [0.15, 0.2) is 5.76 Å². The minimum atomic E-state index is -0.0507. The molecule has 1 unspecified atom stereocenters. The number of rotatable bonds is 4. The summed E-state index contributed by atoms with van der Waals surface area (Å²) < 4.78 is 5.25. The van der Waals surface area contributed by atoms with Crippen LogP contribution in [-0.4, -0.2) is 34.0 Å². The van der Waals surface area contributed by atoms with E-state index in [1.807, 2.05) is 13.0 Å². The van der Waals surface area contributed by atoms with Gasteiger partial charge in [0.25, 0.3) is 0 Å². The standard InChI is InChI=1S/C16H19ClN4O2/c1-11-7-14(23-20-11)10-21-6-2-3-12(9-21)16(22)19-15-5-4-13(17)8-18-15/h4-5,7-8,12H,2-3,6,9-10H2,1H3,(H,18,19,22). The summed E-state index contributed by atoms with van der Waals surface area (Å²) in [6, 6.07) is 5.35. The molecule has 0 aromatic carbocycles. The molecule has 0 radical (unpaired) electrons. The Morgan fingerprint density at radius 2 is 2.39 bits per heavy atom. The monoisotopic (exact) mass is 334 g/mol. The quantitative estimate of drug-likeness (QED) is 0.930. The van der Waals surface area contributed by atoms with Crippen molar-refractivity contribution in [1.29, 1.82) is 0 Å². The maximum atomic E-state index is 12.4. The Morgan fingerprint density at radius 3 is 3.09 bits per heavy atom. The number of aryl methyl sites for hydroxylation is 1. The van der Waals surface area contributed by atoms with E-state index < -0.39 is 0 Å². The van der Waals surface area contributed by atoms with Gasteiger partial charge in [-0.05, 0) is 38.4 Å². The van der Waals surface area contributed by atoms with Crippen molar-refractivity contribution >= 4 is 23.3 Å². The molecule has 1 N–H and O–H groups in total. The second-order valence-electron chi connectivity index (χ2n) is 5.86. The van der Waals surface area contributed by atoms with Crippen LogP contribution in [0.3, 0.4) is 0 Å². The van der Waals surface area contributed by atoms with Gasteiger partial charge < -0.3 is 9.84 Å². The van der Waals surface area contributed by atoms with Crippen molar-refractivity contribution in [1.82, 2.24) is 15.0 Å². The van der Waals surface area contributed by atoms with Crippen molar-refractivity contribution in [2.45, 2.75) is 26.3 Å². The van der Waals surface area contributed by atoms with Crippen molar-refractivity contribution in [3.8, 4) is 0 Å². The van der Waals surface area contributed by atoms with Crippen molar-refractivity contribution in [2.75, 3.05) is 18.4 Å². The van der Waals surface area contributed by atoms with E-state index in [-0.39, 0.29) is 11.8 Å². The SMILES string of the molecule is Cc1cc(CN2CCCC(C(=O)Nc3ccc(Cl)cn3)C2)on1. The lowest BCUT2D eigenvalue weighted by molar-refractivity contribution is -0.121. The normalized spacial score (nSPS) is 18.8. The van der Waals surface area contributed by atoms with E-state index in [9.17, 15) is 4.79 Å². The summed E-state index contributed by atoms with van der Waals surface area (Å²) in [5.41, 5.74) is 0.875. The van der Waals surface area contributed by atoms with Crippen LogP contribution in [0.2, 0.25) is 5.02 Å². The van der Waals surface area contributed by atoms with Gasteiger partial charge in [0.2, 0.25) is 5.91 Å². The van der Waals surface area contributed by atoms with Crippen molar-refractivity contribution in [3.05, 3.63) is 40.9 Å². The van der Waals surface area contributed by atoms with Gasteiger partial charge in [0.1, 0.15) is 5.82 Å². The molecule has 2 aromatic rings. The highest BCUT2D eigenvalue weighted by Gasteiger charge is 2.26. The third kappa shape index (κ3) is 4.30. The Morgan fingerprint density at radius 1 is 1.52 bits per heavy atom. The van der Waals surface area contributed by atoms with Crippen LogP contribution in [0.5, 0.6) is 0 Å². The number of likely N-dealkylation sites (tertiary alicyclic amines) is 1. The lowest BCUT2D eigenvalue weighted by Gasteiger charge is -2.31. The summed E-state index contributed by atoms with van der Waals surface area (Å²) in [5.74, 6) is 1.31. The first-order valence-corrected chi connectivity index (χ1v) is 8.05. The fraction of sp³-hybridized carbons (Fsp3) is 0.438. The molecule has 3 rings (SSSR count). The number of pyridine rings is 1. The molecule has 1 aliphatic heterocycles. The maximum Gasteiger partial charge on any atom is 0.229 e. The van der Waals surface area contributed by atoms with Gasteiger partial charge in [-0.15, -0.1) is 0 Å². The lowest BCUT2D eigenvalue weighted by Crippen LogP contribution is -2.40. The fourth-order valence-corrected chi connectivity index (χ4v) is 2.91. The summed E-state index contributed by atoms with van der Waals surface area (Å²) in [6.07, 6.45) is 3.39. The van der Waals surface area contributed by atoms with Crippen LogP contribution in [0, 0.1) is 12.8 Å². The van der Waals surface area contributed by atoms with E-state index in [0.29, 0.717) is 23.9 Å². The largest absolute Gasteiger partial charge is 0.360 e. The summed E-state index contributed by atoms with van der Waals surface area (Å²) in [7, 11) is 0. The molecule has 6 nitrogen and oxygen atoms in total. The Balaban J connectivity index is 1.56. The maximum absolute atomic E-state index is 12.4. The first-order chi connectivity index (χ1) is 11.1. The van der Waals surface area contributed by atoms with Crippen LogP contribution < -0.4 is 5.32 Å². The number of amides is 1. The Kier molecular flexibility index (Phi) is 4.93. The highest BCUT2D eigenvalue weighted by atomic mass is 35.5. The van der Waals surface area contributed by atoms with Crippen LogP contribution in [-0.2, 0) is 11.3 Å². The highest BCUT2D eigenvalue weighted by molar-refractivity contribution is 6.30. The first kappa shape index (κ1) is 16.0. The van der Waals surface area contributed by atoms with Gasteiger partial charge >= 0.3 is 0 Å². The fourth-order valence-electron chi connectivity index (χ4n) is 2.80. The van der Waals surface area contributed by atoms with E-state index in [1.165, 1.54) is 6.20 Å². The molecule has 0 spiro atoms. The summed E-state index contributed by atoms with van der Waals surface area (Å²) >= 11 is 5.80. The number of anilines is 1. The number of halogens is 1. The van der Waals surface area contributed by atoms with E-state index in [2.05, 4.69) is 20.4 Å². The molecular weight excluding hydrogens is 316 g/mol. The summed E-state index contributed by atoms with van der Waals surface area (Å²) in [5, 5.41) is 7.31. The highest BCUT2D eigenvalue weighted by Crippen LogP contribution is 2.20. The first-order valence-electron chi connectivity index (χ1n) is 7.67. The van der Waals surface area contributed by atoms with E-state index in [0.717, 1.165) is 30.8 Å². The summed E-state index contributed by atoms with van der Waals surface area (Å²) in [4.78, 5) is 18.7. The van der Waals surface area contributed by atoms with Gasteiger partial charge in [-0.3, -0.25) is 9.69 Å². The van der Waals surface area contributed by atoms with Crippen LogP contribution in [0.25, 0.3) is 0 Å². The molecule has 23 heavy (non-hydrogen) atoms. The number of aromatic nitrogens is 2. The van der Waals surface area contributed by atoms with Gasteiger partial charge in [0, 0.05) is 18.8 Å². The minimum Gasteiger partial charge on any atom is -0.360 e. The number of carbonyl (C=O) groups is 1.